The van der Waals surface area contributed by atoms with Crippen LogP contribution in [-0.4, -0.2) is 13.2 Å². The van der Waals surface area contributed by atoms with Crippen LogP contribution in [-0.2, 0) is 6.54 Å². The molecule has 1 N–H and O–H groups in total. The highest BCUT2D eigenvalue weighted by Crippen LogP contribution is 2.31. The average Bonchev–Trinajstić information content (AvgIpc) is 2.45. The SMILES string of the molecule is COc1ccc(C)cc1-c1cccc(CNC(C)C)c1. The molecule has 0 spiro atoms. The molecule has 2 aromatic carbocycles. The van der Waals surface area contributed by atoms with Crippen molar-refractivity contribution < 1.29 is 4.74 Å². The molecule has 0 amide bonds. The average molecular weight is 269 g/mol. The lowest BCUT2D eigenvalue weighted by atomic mass is 10.00. The van der Waals surface area contributed by atoms with Crippen molar-refractivity contribution >= 4 is 0 Å². The molecule has 2 nitrogen and oxygen atoms in total. The second-order valence-corrected chi connectivity index (χ2v) is 5.44. The zero-order valence-corrected chi connectivity index (χ0v) is 12.7. The standard InChI is InChI=1S/C18H23NO/c1-13(2)19-12-15-6-5-7-16(11-15)17-10-14(3)8-9-18(17)20-4/h5-11,13,19H,12H2,1-4H3. The lowest BCUT2D eigenvalue weighted by molar-refractivity contribution is 0.416. The first-order chi connectivity index (χ1) is 9.60. The third kappa shape index (κ3) is 3.61. The Labute approximate surface area is 121 Å². The van der Waals surface area contributed by atoms with Crippen molar-refractivity contribution in [3.05, 3.63) is 53.6 Å². The van der Waals surface area contributed by atoms with Gasteiger partial charge in [0.05, 0.1) is 7.11 Å². The topological polar surface area (TPSA) is 21.3 Å². The van der Waals surface area contributed by atoms with Crippen molar-refractivity contribution in [2.75, 3.05) is 7.11 Å². The number of ether oxygens (including phenoxy) is 1. The largest absolute Gasteiger partial charge is 0.496 e. The van der Waals surface area contributed by atoms with Crippen LogP contribution in [0.1, 0.15) is 25.0 Å². The second-order valence-electron chi connectivity index (χ2n) is 5.44. The Morgan fingerprint density at radius 3 is 2.60 bits per heavy atom. The highest BCUT2D eigenvalue weighted by atomic mass is 16.5. The minimum Gasteiger partial charge on any atom is -0.496 e. The van der Waals surface area contributed by atoms with Crippen LogP contribution in [0, 0.1) is 6.92 Å². The van der Waals surface area contributed by atoms with Gasteiger partial charge in [-0.3, -0.25) is 0 Å². The molecule has 2 rings (SSSR count). The van der Waals surface area contributed by atoms with Crippen molar-refractivity contribution in [2.45, 2.75) is 33.4 Å². The van der Waals surface area contributed by atoms with Crippen LogP contribution in [0.4, 0.5) is 0 Å². The molecule has 0 bridgehead atoms. The summed E-state index contributed by atoms with van der Waals surface area (Å²) in [5.74, 6) is 0.921. The fraction of sp³-hybridized carbons (Fsp3) is 0.333. The van der Waals surface area contributed by atoms with Crippen LogP contribution < -0.4 is 10.1 Å². The second kappa shape index (κ2) is 6.58. The highest BCUT2D eigenvalue weighted by molar-refractivity contribution is 5.71. The Bertz CT molecular complexity index is 575. The molecule has 106 valence electrons. The van der Waals surface area contributed by atoms with E-state index in [-0.39, 0.29) is 0 Å². The number of benzene rings is 2. The summed E-state index contributed by atoms with van der Waals surface area (Å²) in [6.45, 7) is 7.31. The van der Waals surface area contributed by atoms with E-state index in [4.69, 9.17) is 4.74 Å². The van der Waals surface area contributed by atoms with Crippen LogP contribution in [0.5, 0.6) is 5.75 Å². The summed E-state index contributed by atoms with van der Waals surface area (Å²) in [6, 6.07) is 15.4. The summed E-state index contributed by atoms with van der Waals surface area (Å²) in [5.41, 5.74) is 4.89. The maximum atomic E-state index is 5.48. The Morgan fingerprint density at radius 2 is 1.90 bits per heavy atom. The Balaban J connectivity index is 2.33. The zero-order valence-electron chi connectivity index (χ0n) is 12.7. The van der Waals surface area contributed by atoms with Gasteiger partial charge < -0.3 is 10.1 Å². The van der Waals surface area contributed by atoms with E-state index < -0.39 is 0 Å². The number of methoxy groups -OCH3 is 1. The van der Waals surface area contributed by atoms with Crippen molar-refractivity contribution in [1.29, 1.82) is 0 Å². The number of rotatable bonds is 5. The molecular weight excluding hydrogens is 246 g/mol. The van der Waals surface area contributed by atoms with E-state index in [1.165, 1.54) is 16.7 Å². The van der Waals surface area contributed by atoms with Crippen LogP contribution in [0.25, 0.3) is 11.1 Å². The van der Waals surface area contributed by atoms with Gasteiger partial charge in [-0.15, -0.1) is 0 Å². The Hall–Kier alpha value is -1.80. The van der Waals surface area contributed by atoms with Crippen molar-refractivity contribution in [1.82, 2.24) is 5.32 Å². The first-order valence-corrected chi connectivity index (χ1v) is 7.07. The van der Waals surface area contributed by atoms with E-state index in [1.54, 1.807) is 7.11 Å². The molecule has 0 aromatic heterocycles. The lowest BCUT2D eigenvalue weighted by Gasteiger charge is -2.12. The number of hydrogen-bond donors (Lipinski definition) is 1. The molecule has 0 aliphatic rings. The van der Waals surface area contributed by atoms with E-state index in [9.17, 15) is 0 Å². The summed E-state index contributed by atoms with van der Waals surface area (Å²) in [7, 11) is 1.72. The van der Waals surface area contributed by atoms with Crippen molar-refractivity contribution in [2.24, 2.45) is 0 Å². The van der Waals surface area contributed by atoms with E-state index in [0.717, 1.165) is 17.9 Å². The molecule has 0 heterocycles. The zero-order chi connectivity index (χ0) is 14.5. The van der Waals surface area contributed by atoms with Gasteiger partial charge in [0.15, 0.2) is 0 Å². The quantitative estimate of drug-likeness (QED) is 0.879. The first-order valence-electron chi connectivity index (χ1n) is 7.07. The third-order valence-corrected chi connectivity index (χ3v) is 3.31. The fourth-order valence-corrected chi connectivity index (χ4v) is 2.22. The Kier molecular flexibility index (Phi) is 4.80. The molecular formula is C18H23NO. The predicted octanol–water partition coefficient (Wildman–Crippen LogP) is 4.17. The molecule has 20 heavy (non-hydrogen) atoms. The summed E-state index contributed by atoms with van der Waals surface area (Å²) in [4.78, 5) is 0. The van der Waals surface area contributed by atoms with Crippen molar-refractivity contribution in [3.8, 4) is 16.9 Å². The summed E-state index contributed by atoms with van der Waals surface area (Å²) in [6.07, 6.45) is 0. The number of hydrogen-bond acceptors (Lipinski definition) is 2. The minimum absolute atomic E-state index is 0.493. The smallest absolute Gasteiger partial charge is 0.126 e. The van der Waals surface area contributed by atoms with E-state index in [2.05, 4.69) is 62.5 Å². The molecule has 0 atom stereocenters. The van der Waals surface area contributed by atoms with Gasteiger partial charge in [0, 0.05) is 18.2 Å². The van der Waals surface area contributed by atoms with Gasteiger partial charge >= 0.3 is 0 Å². The molecule has 0 fully saturated rings. The summed E-state index contributed by atoms with van der Waals surface area (Å²) < 4.78 is 5.48. The Morgan fingerprint density at radius 1 is 1.10 bits per heavy atom. The number of nitrogens with one attached hydrogen (secondary N) is 1. The third-order valence-electron chi connectivity index (χ3n) is 3.31. The van der Waals surface area contributed by atoms with Gasteiger partial charge in [0.1, 0.15) is 5.75 Å². The maximum absolute atomic E-state index is 5.48. The summed E-state index contributed by atoms with van der Waals surface area (Å²) >= 11 is 0. The van der Waals surface area contributed by atoms with Crippen molar-refractivity contribution in [3.63, 3.8) is 0 Å². The van der Waals surface area contributed by atoms with Gasteiger partial charge in [-0.25, -0.2) is 0 Å². The van der Waals surface area contributed by atoms with Gasteiger partial charge in [0.2, 0.25) is 0 Å². The first kappa shape index (κ1) is 14.6. The molecule has 0 aliphatic carbocycles. The lowest BCUT2D eigenvalue weighted by Crippen LogP contribution is -2.21. The van der Waals surface area contributed by atoms with Gasteiger partial charge in [-0.1, -0.05) is 43.7 Å². The normalized spacial score (nSPS) is 10.8. The highest BCUT2D eigenvalue weighted by Gasteiger charge is 2.07. The monoisotopic (exact) mass is 269 g/mol. The van der Waals surface area contributed by atoms with E-state index >= 15 is 0 Å². The van der Waals surface area contributed by atoms with Gasteiger partial charge in [0.25, 0.3) is 0 Å². The minimum atomic E-state index is 0.493. The molecule has 0 saturated carbocycles. The fourth-order valence-electron chi connectivity index (χ4n) is 2.22. The van der Waals surface area contributed by atoms with Crippen LogP contribution in [0.2, 0.25) is 0 Å². The number of aryl methyl sites for hydroxylation is 1. The van der Waals surface area contributed by atoms with Gasteiger partial charge in [-0.05, 0) is 36.2 Å². The van der Waals surface area contributed by atoms with Crippen LogP contribution in [0.3, 0.4) is 0 Å². The molecule has 0 aliphatic heterocycles. The van der Waals surface area contributed by atoms with Gasteiger partial charge in [-0.2, -0.15) is 0 Å². The van der Waals surface area contributed by atoms with E-state index in [1.807, 2.05) is 6.07 Å². The maximum Gasteiger partial charge on any atom is 0.126 e. The van der Waals surface area contributed by atoms with E-state index in [0.29, 0.717) is 6.04 Å². The molecule has 2 aromatic rings. The molecule has 2 heteroatoms. The predicted molar refractivity (Wildman–Crippen MR) is 85.1 cm³/mol. The molecule has 0 unspecified atom stereocenters. The van der Waals surface area contributed by atoms with Crippen LogP contribution in [0.15, 0.2) is 42.5 Å². The molecule has 0 radical (unpaired) electrons. The molecule has 0 saturated heterocycles. The summed E-state index contributed by atoms with van der Waals surface area (Å²) in [5, 5.41) is 3.45. The van der Waals surface area contributed by atoms with Crippen LogP contribution >= 0.6 is 0 Å².